The number of rotatable bonds is 4. The number of aromatic nitrogens is 1. The van der Waals surface area contributed by atoms with Gasteiger partial charge in [0.2, 0.25) is 5.91 Å². The van der Waals surface area contributed by atoms with Crippen molar-refractivity contribution in [1.82, 2.24) is 0 Å². The molecule has 0 aliphatic rings. The van der Waals surface area contributed by atoms with Gasteiger partial charge in [-0.1, -0.05) is 11.8 Å². The number of thioether (sulfide) groups is 1. The molecule has 9 heteroatoms. The minimum absolute atomic E-state index is 0.0808. The summed E-state index contributed by atoms with van der Waals surface area (Å²) in [6.07, 6.45) is 0. The van der Waals surface area contributed by atoms with Gasteiger partial charge in [0.15, 0.2) is 16.7 Å². The number of aromatic amines is 1. The predicted molar refractivity (Wildman–Crippen MR) is 87.1 cm³/mol. The normalized spacial score (nSPS) is 11.2. The van der Waals surface area contributed by atoms with Gasteiger partial charge in [0.1, 0.15) is 23.3 Å². The molecule has 1 heterocycles. The molecule has 1 aromatic carbocycles. The fourth-order valence-electron chi connectivity index (χ4n) is 1.86. The van der Waals surface area contributed by atoms with Crippen LogP contribution in [0, 0.1) is 34.3 Å². The fourth-order valence-corrected chi connectivity index (χ4v) is 2.78. The van der Waals surface area contributed by atoms with Crippen molar-refractivity contribution in [3.05, 3.63) is 47.0 Å². The zero-order valence-corrected chi connectivity index (χ0v) is 13.7. The average molecular weight is 360 g/mol. The Hall–Kier alpha value is -3.17. The van der Waals surface area contributed by atoms with E-state index in [1.165, 1.54) is 12.1 Å². The number of nitriles is 2. The number of halogens is 2. The Labute approximate surface area is 146 Å². The van der Waals surface area contributed by atoms with Crippen LogP contribution in [-0.2, 0) is 4.79 Å². The molecule has 1 aromatic heterocycles. The van der Waals surface area contributed by atoms with Gasteiger partial charge in [0.25, 0.3) is 5.82 Å². The first-order valence-corrected chi connectivity index (χ1v) is 7.82. The van der Waals surface area contributed by atoms with Gasteiger partial charge >= 0.3 is 0 Å². The van der Waals surface area contributed by atoms with Crippen molar-refractivity contribution < 1.29 is 18.6 Å². The molecule has 2 aromatic rings. The lowest BCUT2D eigenvalue weighted by Gasteiger charge is -2.11. The van der Waals surface area contributed by atoms with E-state index in [4.69, 9.17) is 16.3 Å². The Bertz CT molecular complexity index is 920. The van der Waals surface area contributed by atoms with Crippen molar-refractivity contribution in [2.24, 2.45) is 0 Å². The molecule has 6 nitrogen and oxygen atoms in total. The van der Waals surface area contributed by atoms with E-state index < -0.39 is 22.8 Å². The van der Waals surface area contributed by atoms with Gasteiger partial charge in [-0.25, -0.2) is 13.8 Å². The van der Waals surface area contributed by atoms with E-state index >= 15 is 0 Å². The molecular formula is C16H12F2N5OS+. The summed E-state index contributed by atoms with van der Waals surface area (Å²) in [4.78, 5) is 14.9. The first-order chi connectivity index (χ1) is 11.8. The van der Waals surface area contributed by atoms with Crippen LogP contribution in [0.3, 0.4) is 0 Å². The molecule has 0 bridgehead atoms. The molecule has 1 amide bonds. The SMILES string of the molecule is C[C@H](Sc1[nH+]c(N)c(C#N)cc1C#N)C(=O)Nc1ccc(F)c(F)c1. The van der Waals surface area contributed by atoms with Crippen molar-refractivity contribution in [2.45, 2.75) is 17.2 Å². The van der Waals surface area contributed by atoms with Crippen LogP contribution in [0.4, 0.5) is 20.3 Å². The first kappa shape index (κ1) is 18.2. The summed E-state index contributed by atoms with van der Waals surface area (Å²) in [5.74, 6) is -2.48. The minimum atomic E-state index is -1.07. The number of hydrogen-bond donors (Lipinski definition) is 2. The Kier molecular flexibility index (Phi) is 5.52. The Morgan fingerprint density at radius 3 is 2.52 bits per heavy atom. The van der Waals surface area contributed by atoms with Crippen molar-refractivity contribution in [3.8, 4) is 12.1 Å². The van der Waals surface area contributed by atoms with Gasteiger partial charge in [-0.2, -0.15) is 10.5 Å². The zero-order chi connectivity index (χ0) is 18.6. The second kappa shape index (κ2) is 7.60. The van der Waals surface area contributed by atoms with Crippen LogP contribution in [0.5, 0.6) is 0 Å². The van der Waals surface area contributed by atoms with Crippen LogP contribution in [0.15, 0.2) is 29.3 Å². The summed E-state index contributed by atoms with van der Waals surface area (Å²) in [7, 11) is 0. The molecule has 25 heavy (non-hydrogen) atoms. The molecule has 0 aliphatic heterocycles. The third-order valence-electron chi connectivity index (χ3n) is 3.16. The maximum Gasteiger partial charge on any atom is 0.289 e. The van der Waals surface area contributed by atoms with Gasteiger partial charge in [0.05, 0.1) is 5.25 Å². The van der Waals surface area contributed by atoms with Crippen LogP contribution < -0.4 is 16.0 Å². The van der Waals surface area contributed by atoms with Gasteiger partial charge in [0, 0.05) is 11.8 Å². The van der Waals surface area contributed by atoms with Crippen molar-refractivity contribution in [2.75, 3.05) is 11.1 Å². The highest BCUT2D eigenvalue weighted by Crippen LogP contribution is 2.25. The molecule has 0 spiro atoms. The average Bonchev–Trinajstić information content (AvgIpc) is 2.58. The number of amides is 1. The number of H-pyrrole nitrogens is 1. The maximum atomic E-state index is 13.2. The number of carbonyl (C=O) groups excluding carboxylic acids is 1. The fraction of sp³-hybridized carbons (Fsp3) is 0.125. The smallest absolute Gasteiger partial charge is 0.289 e. The molecule has 0 radical (unpaired) electrons. The number of nitrogen functional groups attached to an aromatic ring is 1. The minimum Gasteiger partial charge on any atom is -0.325 e. The Morgan fingerprint density at radius 1 is 1.24 bits per heavy atom. The van der Waals surface area contributed by atoms with Crippen LogP contribution in [0.2, 0.25) is 0 Å². The highest BCUT2D eigenvalue weighted by molar-refractivity contribution is 8.00. The Morgan fingerprint density at radius 2 is 1.92 bits per heavy atom. The zero-order valence-electron chi connectivity index (χ0n) is 12.9. The summed E-state index contributed by atoms with van der Waals surface area (Å²) in [5, 5.41) is 20.2. The summed E-state index contributed by atoms with van der Waals surface area (Å²) in [6.45, 7) is 1.57. The van der Waals surface area contributed by atoms with Gasteiger partial charge < -0.3 is 5.32 Å². The van der Waals surface area contributed by atoms with Crippen molar-refractivity contribution >= 4 is 29.2 Å². The predicted octanol–water partition coefficient (Wildman–Crippen LogP) is 2.22. The number of nitrogens with two attached hydrogens (primary N) is 1. The van der Waals surface area contributed by atoms with Crippen molar-refractivity contribution in [3.63, 3.8) is 0 Å². The second-order valence-corrected chi connectivity index (χ2v) is 6.29. The van der Waals surface area contributed by atoms with Gasteiger partial charge in [-0.05, 0) is 25.1 Å². The molecule has 2 rings (SSSR count). The van der Waals surface area contributed by atoms with Crippen LogP contribution in [0.1, 0.15) is 18.1 Å². The number of pyridine rings is 1. The topological polar surface area (TPSA) is 117 Å². The molecule has 0 saturated carbocycles. The number of benzene rings is 1. The van der Waals surface area contributed by atoms with Gasteiger partial charge in [-0.3, -0.25) is 10.5 Å². The van der Waals surface area contributed by atoms with Gasteiger partial charge in [-0.15, -0.1) is 0 Å². The van der Waals surface area contributed by atoms with E-state index in [0.29, 0.717) is 5.03 Å². The van der Waals surface area contributed by atoms with E-state index in [1.54, 1.807) is 6.92 Å². The Balaban J connectivity index is 2.16. The summed E-state index contributed by atoms with van der Waals surface area (Å²) < 4.78 is 26.1. The van der Waals surface area contributed by atoms with Crippen LogP contribution in [-0.4, -0.2) is 11.2 Å². The molecule has 0 aliphatic carbocycles. The quantitative estimate of drug-likeness (QED) is 0.811. The third-order valence-corrected chi connectivity index (χ3v) is 4.29. The largest absolute Gasteiger partial charge is 0.325 e. The molecular weight excluding hydrogens is 348 g/mol. The van der Waals surface area contributed by atoms with E-state index in [9.17, 15) is 13.6 Å². The number of nitrogens with zero attached hydrogens (tertiary/aromatic N) is 2. The third kappa shape index (κ3) is 4.22. The lowest BCUT2D eigenvalue weighted by atomic mass is 10.2. The standard InChI is InChI=1S/C16H11F2N5OS/c1-8(15(24)22-11-2-3-12(17)13(18)5-11)25-16-10(7-20)4-9(6-19)14(21)23-16/h2-5,8H,1H3,(H2,21,23)(H,22,24)/p+1/t8-/m0/s1. The molecule has 0 unspecified atom stereocenters. The molecule has 0 saturated heterocycles. The highest BCUT2D eigenvalue weighted by Gasteiger charge is 2.21. The first-order valence-electron chi connectivity index (χ1n) is 6.94. The lowest BCUT2D eigenvalue weighted by molar-refractivity contribution is -0.410. The van der Waals surface area contributed by atoms with E-state index in [0.717, 1.165) is 23.9 Å². The molecule has 0 fully saturated rings. The number of nitrogens with one attached hydrogen (secondary N) is 2. The van der Waals surface area contributed by atoms with Crippen molar-refractivity contribution in [1.29, 1.82) is 10.5 Å². The molecule has 4 N–H and O–H groups in total. The molecule has 126 valence electrons. The van der Waals surface area contributed by atoms with E-state index in [1.807, 2.05) is 12.1 Å². The van der Waals surface area contributed by atoms with E-state index in [-0.39, 0.29) is 22.6 Å². The van der Waals surface area contributed by atoms with Crippen LogP contribution >= 0.6 is 11.8 Å². The van der Waals surface area contributed by atoms with Crippen LogP contribution in [0.25, 0.3) is 0 Å². The second-order valence-electron chi connectivity index (χ2n) is 4.94. The van der Waals surface area contributed by atoms with E-state index in [2.05, 4.69) is 10.3 Å². The summed E-state index contributed by atoms with van der Waals surface area (Å²) in [6, 6.07) is 8.12. The maximum absolute atomic E-state index is 13.2. The lowest BCUT2D eigenvalue weighted by Crippen LogP contribution is -2.25. The monoisotopic (exact) mass is 360 g/mol. The molecule has 1 atom stereocenters. The summed E-state index contributed by atoms with van der Waals surface area (Å²) in [5.41, 5.74) is 6.09. The highest BCUT2D eigenvalue weighted by atomic mass is 32.2. The summed E-state index contributed by atoms with van der Waals surface area (Å²) >= 11 is 1.02. The number of carbonyl (C=O) groups is 1. The number of hydrogen-bond acceptors (Lipinski definition) is 5. The number of anilines is 2.